The summed E-state index contributed by atoms with van der Waals surface area (Å²) in [5.41, 5.74) is 0.674. The Balaban J connectivity index is 1.61. The van der Waals surface area contributed by atoms with Crippen molar-refractivity contribution in [2.75, 3.05) is 18.4 Å². The third kappa shape index (κ3) is 5.65. The lowest BCUT2D eigenvalue weighted by Crippen LogP contribution is -2.46. The summed E-state index contributed by atoms with van der Waals surface area (Å²) >= 11 is 5.98. The molecule has 0 radical (unpaired) electrons. The number of nitrogens with zero attached hydrogens (tertiary/aromatic N) is 1. The number of nitrogens with one attached hydrogen (secondary N) is 2. The van der Waals surface area contributed by atoms with Crippen LogP contribution in [0.5, 0.6) is 0 Å². The molecule has 3 rings (SSSR count). The molecule has 0 spiro atoms. The Hall–Kier alpha value is -2.49. The van der Waals surface area contributed by atoms with Crippen LogP contribution in [-0.2, 0) is 19.6 Å². The Bertz CT molecular complexity index is 1110. The Kier molecular flexibility index (Phi) is 7.86. The van der Waals surface area contributed by atoms with Gasteiger partial charge in [0, 0.05) is 19.1 Å². The summed E-state index contributed by atoms with van der Waals surface area (Å²) in [5, 5.41) is 5.29. The average Bonchev–Trinajstić information content (AvgIpc) is 2.75. The van der Waals surface area contributed by atoms with Crippen LogP contribution < -0.4 is 10.6 Å². The van der Waals surface area contributed by atoms with Gasteiger partial charge in [0.2, 0.25) is 10.0 Å². The second-order valence-electron chi connectivity index (χ2n) is 7.65. The number of piperidine rings is 1. The summed E-state index contributed by atoms with van der Waals surface area (Å²) in [7, 11) is -3.81. The van der Waals surface area contributed by atoms with Crippen molar-refractivity contribution < 1.29 is 22.4 Å². The fourth-order valence-corrected chi connectivity index (χ4v) is 5.90. The highest BCUT2D eigenvalue weighted by Gasteiger charge is 2.34. The predicted molar refractivity (Wildman–Crippen MR) is 120 cm³/mol. The van der Waals surface area contributed by atoms with Gasteiger partial charge in [-0.2, -0.15) is 4.31 Å². The lowest BCUT2D eigenvalue weighted by atomic mass is 10.0. The average molecular weight is 482 g/mol. The van der Waals surface area contributed by atoms with Crippen molar-refractivity contribution in [3.63, 3.8) is 0 Å². The van der Waals surface area contributed by atoms with Crippen LogP contribution in [0.2, 0.25) is 5.02 Å². The van der Waals surface area contributed by atoms with Gasteiger partial charge in [-0.15, -0.1) is 0 Å². The van der Waals surface area contributed by atoms with Crippen molar-refractivity contribution in [3.05, 3.63) is 58.9 Å². The van der Waals surface area contributed by atoms with Gasteiger partial charge < -0.3 is 10.6 Å². The summed E-state index contributed by atoms with van der Waals surface area (Å²) in [6, 6.07) is 9.85. The molecule has 1 atom stereocenters. The summed E-state index contributed by atoms with van der Waals surface area (Å²) in [5.74, 6) is -2.17. The third-order valence-corrected chi connectivity index (χ3v) is 7.83. The molecule has 0 aromatic heterocycles. The van der Waals surface area contributed by atoms with Crippen LogP contribution in [0.15, 0.2) is 47.4 Å². The molecular weight excluding hydrogens is 457 g/mol. The summed E-state index contributed by atoms with van der Waals surface area (Å²) in [6.45, 7) is 2.05. The molecule has 0 bridgehead atoms. The highest BCUT2D eigenvalue weighted by Crippen LogP contribution is 2.29. The number of sulfonamides is 1. The van der Waals surface area contributed by atoms with E-state index in [0.717, 1.165) is 18.9 Å². The zero-order chi connectivity index (χ0) is 23.3. The number of aryl methyl sites for hydroxylation is 1. The number of amides is 2. The molecule has 7 nitrogen and oxygen atoms in total. The van der Waals surface area contributed by atoms with Crippen molar-refractivity contribution in [3.8, 4) is 0 Å². The van der Waals surface area contributed by atoms with E-state index < -0.39 is 27.7 Å². The minimum atomic E-state index is -3.81. The van der Waals surface area contributed by atoms with Gasteiger partial charge in [-0.25, -0.2) is 12.8 Å². The topological polar surface area (TPSA) is 95.6 Å². The zero-order valence-electron chi connectivity index (χ0n) is 17.6. The molecule has 0 aliphatic carbocycles. The van der Waals surface area contributed by atoms with Crippen LogP contribution in [0.3, 0.4) is 0 Å². The first kappa shape index (κ1) is 24.2. The molecule has 1 heterocycles. The molecule has 172 valence electrons. The van der Waals surface area contributed by atoms with E-state index in [0.29, 0.717) is 35.7 Å². The Morgan fingerprint density at radius 2 is 1.91 bits per heavy atom. The third-order valence-electron chi connectivity index (χ3n) is 5.39. The lowest BCUT2D eigenvalue weighted by Gasteiger charge is -2.35. The normalized spacial score (nSPS) is 17.0. The summed E-state index contributed by atoms with van der Waals surface area (Å²) in [4.78, 5) is 24.3. The molecule has 2 N–H and O–H groups in total. The molecule has 2 aromatic rings. The molecule has 32 heavy (non-hydrogen) atoms. The minimum absolute atomic E-state index is 0.0777. The number of hydrogen-bond acceptors (Lipinski definition) is 4. The highest BCUT2D eigenvalue weighted by molar-refractivity contribution is 7.89. The van der Waals surface area contributed by atoms with Crippen molar-refractivity contribution >= 4 is 39.1 Å². The van der Waals surface area contributed by atoms with E-state index in [4.69, 9.17) is 11.6 Å². The van der Waals surface area contributed by atoms with E-state index >= 15 is 0 Å². The van der Waals surface area contributed by atoms with Gasteiger partial charge in [-0.3, -0.25) is 9.59 Å². The predicted octanol–water partition coefficient (Wildman–Crippen LogP) is 3.48. The van der Waals surface area contributed by atoms with Crippen LogP contribution in [0, 0.1) is 12.7 Å². The molecule has 1 saturated heterocycles. The van der Waals surface area contributed by atoms with Crippen LogP contribution in [0.25, 0.3) is 0 Å². The maximum absolute atomic E-state index is 13.4. The summed E-state index contributed by atoms with van der Waals surface area (Å²) < 4.78 is 41.3. The number of hydrogen-bond donors (Lipinski definition) is 2. The molecule has 2 amide bonds. The smallest absolute Gasteiger partial charge is 0.313 e. The number of halogens is 2. The number of para-hydroxylation sites is 1. The standard InChI is InChI=1S/C22H25ClFN3O4S/c1-15-14-16(24)9-10-20(15)32(30,31)27-13-5-4-6-17(27)11-12-25-21(28)22(29)26-19-8-3-2-7-18(19)23/h2-3,7-10,14,17H,4-6,11-13H2,1H3,(H,25,28)(H,26,29)/t17-/m1/s1. The van der Waals surface area contributed by atoms with E-state index in [1.54, 1.807) is 31.2 Å². The van der Waals surface area contributed by atoms with Crippen LogP contribution in [-0.4, -0.2) is 43.7 Å². The van der Waals surface area contributed by atoms with Crippen molar-refractivity contribution in [2.24, 2.45) is 0 Å². The monoisotopic (exact) mass is 481 g/mol. The SMILES string of the molecule is Cc1cc(F)ccc1S(=O)(=O)N1CCCC[C@@H]1CCNC(=O)C(=O)Nc1ccccc1Cl. The van der Waals surface area contributed by atoms with Crippen molar-refractivity contribution in [1.29, 1.82) is 0 Å². The molecule has 1 aliphatic heterocycles. The van der Waals surface area contributed by atoms with Crippen LogP contribution in [0.1, 0.15) is 31.2 Å². The second kappa shape index (κ2) is 10.4. The largest absolute Gasteiger partial charge is 0.348 e. The quantitative estimate of drug-likeness (QED) is 0.617. The number of carbonyl (C=O) groups excluding carboxylic acids is 2. The van der Waals surface area contributed by atoms with E-state index in [2.05, 4.69) is 10.6 Å². The van der Waals surface area contributed by atoms with Gasteiger partial charge in [0.25, 0.3) is 0 Å². The molecule has 0 saturated carbocycles. The Morgan fingerprint density at radius 1 is 1.16 bits per heavy atom. The van der Waals surface area contributed by atoms with Gasteiger partial charge >= 0.3 is 11.8 Å². The fraction of sp³-hybridized carbons (Fsp3) is 0.364. The number of rotatable bonds is 6. The van der Waals surface area contributed by atoms with E-state index in [1.165, 1.54) is 16.4 Å². The lowest BCUT2D eigenvalue weighted by molar-refractivity contribution is -0.136. The number of benzene rings is 2. The van der Waals surface area contributed by atoms with Crippen molar-refractivity contribution in [1.82, 2.24) is 9.62 Å². The van der Waals surface area contributed by atoms with E-state index in [-0.39, 0.29) is 17.5 Å². The fourth-order valence-electron chi connectivity index (χ4n) is 3.78. The first-order valence-corrected chi connectivity index (χ1v) is 12.1. The van der Waals surface area contributed by atoms with Gasteiger partial charge in [0.05, 0.1) is 15.6 Å². The van der Waals surface area contributed by atoms with E-state index in [9.17, 15) is 22.4 Å². The van der Waals surface area contributed by atoms with Crippen molar-refractivity contribution in [2.45, 2.75) is 43.5 Å². The van der Waals surface area contributed by atoms with Crippen LogP contribution in [0.4, 0.5) is 10.1 Å². The molecule has 1 aliphatic rings. The maximum atomic E-state index is 13.4. The molecule has 1 fully saturated rings. The highest BCUT2D eigenvalue weighted by atomic mass is 35.5. The van der Waals surface area contributed by atoms with Gasteiger partial charge in [0.15, 0.2) is 0 Å². The zero-order valence-corrected chi connectivity index (χ0v) is 19.2. The van der Waals surface area contributed by atoms with Gasteiger partial charge in [-0.05, 0) is 62.1 Å². The molecular formula is C22H25ClFN3O4S. The number of carbonyl (C=O) groups is 2. The minimum Gasteiger partial charge on any atom is -0.348 e. The summed E-state index contributed by atoms with van der Waals surface area (Å²) in [6.07, 6.45) is 2.58. The Labute approximate surface area is 192 Å². The van der Waals surface area contributed by atoms with Gasteiger partial charge in [0.1, 0.15) is 5.82 Å². The van der Waals surface area contributed by atoms with Gasteiger partial charge in [-0.1, -0.05) is 30.2 Å². The maximum Gasteiger partial charge on any atom is 0.313 e. The van der Waals surface area contributed by atoms with Crippen LogP contribution >= 0.6 is 11.6 Å². The first-order valence-electron chi connectivity index (χ1n) is 10.3. The molecule has 0 unspecified atom stereocenters. The molecule has 10 heteroatoms. The number of anilines is 1. The Morgan fingerprint density at radius 3 is 2.62 bits per heavy atom. The van der Waals surface area contributed by atoms with E-state index in [1.807, 2.05) is 0 Å². The first-order chi connectivity index (χ1) is 15.2. The second-order valence-corrected chi connectivity index (χ2v) is 9.92. The molecule has 2 aromatic carbocycles.